The number of pyridine rings is 1. The van der Waals surface area contributed by atoms with E-state index in [2.05, 4.69) is 46.4 Å². The number of imidazole rings is 1. The number of benzene rings is 1. The predicted molar refractivity (Wildman–Crippen MR) is 124 cm³/mol. The second kappa shape index (κ2) is 9.72. The molecule has 0 saturated carbocycles. The maximum atomic E-state index is 13.0. The molecule has 0 unspecified atom stereocenters. The third-order valence-electron chi connectivity index (χ3n) is 5.43. The van der Waals surface area contributed by atoms with Gasteiger partial charge in [0.1, 0.15) is 0 Å². The summed E-state index contributed by atoms with van der Waals surface area (Å²) in [6.45, 7) is 7.68. The average Bonchev–Trinajstić information content (AvgIpc) is 3.43. The molecule has 4 rings (SSSR count). The van der Waals surface area contributed by atoms with Crippen LogP contribution in [-0.2, 0) is 19.5 Å². The molecule has 1 N–H and O–H groups in total. The van der Waals surface area contributed by atoms with Crippen molar-refractivity contribution in [1.29, 1.82) is 0 Å². The van der Waals surface area contributed by atoms with Crippen molar-refractivity contribution >= 4 is 0 Å². The van der Waals surface area contributed by atoms with Gasteiger partial charge in [0.25, 0.3) is 0 Å². The third kappa shape index (κ3) is 4.69. The Bertz CT molecular complexity index is 1200. The minimum atomic E-state index is 0.0522. The zero-order chi connectivity index (χ0) is 22.5. The quantitative estimate of drug-likeness (QED) is 0.433. The van der Waals surface area contributed by atoms with Gasteiger partial charge in [0, 0.05) is 35.8 Å². The fraction of sp³-hybridized carbons (Fsp3) is 0.375. The number of hydrogen-bond donors (Lipinski definition) is 1. The summed E-state index contributed by atoms with van der Waals surface area (Å²) in [6, 6.07) is 11.9. The van der Waals surface area contributed by atoms with Gasteiger partial charge < -0.3 is 0 Å². The highest BCUT2D eigenvalue weighted by Gasteiger charge is 2.14. The van der Waals surface area contributed by atoms with Crippen LogP contribution in [0.15, 0.2) is 53.6 Å². The number of H-pyrrole nitrogens is 1. The summed E-state index contributed by atoms with van der Waals surface area (Å²) in [5.41, 5.74) is 4.76. The van der Waals surface area contributed by atoms with E-state index < -0.39 is 0 Å². The maximum Gasteiger partial charge on any atom is 0.328 e. The summed E-state index contributed by atoms with van der Waals surface area (Å²) in [4.78, 5) is 17.7. The van der Waals surface area contributed by atoms with Crippen molar-refractivity contribution in [1.82, 2.24) is 34.7 Å². The van der Waals surface area contributed by atoms with Gasteiger partial charge in [0.05, 0.1) is 12.2 Å². The Hall–Kier alpha value is -3.55. The highest BCUT2D eigenvalue weighted by atomic mass is 16.1. The van der Waals surface area contributed by atoms with E-state index in [1.54, 1.807) is 0 Å². The average molecular weight is 432 g/mol. The number of rotatable bonds is 9. The lowest BCUT2D eigenvalue weighted by Crippen LogP contribution is -2.26. The number of aryl methyl sites for hydroxylation is 1. The van der Waals surface area contributed by atoms with Crippen molar-refractivity contribution in [3.63, 3.8) is 0 Å². The molecule has 8 heteroatoms. The van der Waals surface area contributed by atoms with Gasteiger partial charge in [0.2, 0.25) is 5.82 Å². The number of hydrogen-bond acceptors (Lipinski definition) is 5. The summed E-state index contributed by atoms with van der Waals surface area (Å²) in [6.07, 6.45) is 6.94. The highest BCUT2D eigenvalue weighted by Crippen LogP contribution is 2.28. The Morgan fingerprint density at radius 2 is 1.91 bits per heavy atom. The molecule has 0 radical (unpaired) electrons. The molecule has 0 saturated heterocycles. The molecule has 0 spiro atoms. The van der Waals surface area contributed by atoms with E-state index in [9.17, 15) is 4.79 Å². The Morgan fingerprint density at radius 3 is 2.56 bits per heavy atom. The Morgan fingerprint density at radius 1 is 1.09 bits per heavy atom. The molecule has 32 heavy (non-hydrogen) atoms. The maximum absolute atomic E-state index is 13.0. The summed E-state index contributed by atoms with van der Waals surface area (Å²) >= 11 is 0. The summed E-state index contributed by atoms with van der Waals surface area (Å²) in [7, 11) is 0. The first-order valence-electron chi connectivity index (χ1n) is 11.1. The molecule has 0 aliphatic heterocycles. The van der Waals surface area contributed by atoms with Crippen LogP contribution in [0, 0.1) is 5.92 Å². The first kappa shape index (κ1) is 21.7. The third-order valence-corrected chi connectivity index (χ3v) is 5.43. The molecule has 0 bridgehead atoms. The van der Waals surface area contributed by atoms with Crippen molar-refractivity contribution in [2.75, 3.05) is 0 Å². The lowest BCUT2D eigenvalue weighted by atomic mass is 10.0. The standard InChI is InChI=1S/C24H29N7O/c1-4-5-8-19-16-30(14-17(2)3)24(32)31(19)15-18-11-12-22(25-13-18)20-9-6-7-10-21(20)23-26-28-29-27-23/h6-7,9-13,16-17H,4-5,8,14-15H2,1-3H3,(H,26,27,28,29). The van der Waals surface area contributed by atoms with Crippen molar-refractivity contribution in [2.24, 2.45) is 5.92 Å². The van der Waals surface area contributed by atoms with Crippen LogP contribution < -0.4 is 5.69 Å². The second-order valence-corrected chi connectivity index (χ2v) is 8.47. The fourth-order valence-corrected chi connectivity index (χ4v) is 3.87. The van der Waals surface area contributed by atoms with Crippen LogP contribution in [0.5, 0.6) is 0 Å². The summed E-state index contributed by atoms with van der Waals surface area (Å²) in [5, 5.41) is 14.4. The topological polar surface area (TPSA) is 94.3 Å². The van der Waals surface area contributed by atoms with Crippen molar-refractivity contribution in [3.05, 3.63) is 70.5 Å². The Labute approximate surface area is 187 Å². The van der Waals surface area contributed by atoms with E-state index in [0.717, 1.165) is 53.9 Å². The number of tetrazole rings is 1. The molecule has 4 aromatic rings. The van der Waals surface area contributed by atoms with Crippen LogP contribution in [0.4, 0.5) is 0 Å². The normalized spacial score (nSPS) is 11.4. The van der Waals surface area contributed by atoms with Gasteiger partial charge in [-0.3, -0.25) is 14.1 Å². The van der Waals surface area contributed by atoms with Gasteiger partial charge in [-0.05, 0) is 35.6 Å². The van der Waals surface area contributed by atoms with Crippen molar-refractivity contribution < 1.29 is 0 Å². The fourth-order valence-electron chi connectivity index (χ4n) is 3.87. The number of nitrogens with zero attached hydrogens (tertiary/aromatic N) is 6. The lowest BCUT2D eigenvalue weighted by Gasteiger charge is -2.09. The van der Waals surface area contributed by atoms with Gasteiger partial charge >= 0.3 is 5.69 Å². The molecular formula is C24H29N7O. The van der Waals surface area contributed by atoms with Gasteiger partial charge in [-0.2, -0.15) is 5.21 Å². The molecule has 0 aliphatic rings. The highest BCUT2D eigenvalue weighted by molar-refractivity contribution is 5.78. The number of unbranched alkanes of at least 4 members (excludes halogenated alkanes) is 1. The van der Waals surface area contributed by atoms with Crippen molar-refractivity contribution in [3.8, 4) is 22.6 Å². The number of nitrogens with one attached hydrogen (secondary N) is 1. The largest absolute Gasteiger partial charge is 0.328 e. The van der Waals surface area contributed by atoms with Gasteiger partial charge in [-0.1, -0.05) is 57.5 Å². The molecule has 0 fully saturated rings. The molecule has 1 aromatic carbocycles. The zero-order valence-electron chi connectivity index (χ0n) is 18.8. The van der Waals surface area contributed by atoms with E-state index >= 15 is 0 Å². The smallest absolute Gasteiger partial charge is 0.299 e. The molecule has 0 amide bonds. The first-order valence-corrected chi connectivity index (χ1v) is 11.1. The lowest BCUT2D eigenvalue weighted by molar-refractivity contribution is 0.503. The first-order chi connectivity index (χ1) is 15.6. The van der Waals surface area contributed by atoms with E-state index in [0.29, 0.717) is 18.3 Å². The predicted octanol–water partition coefficient (Wildman–Crippen LogP) is 3.94. The van der Waals surface area contributed by atoms with E-state index in [1.165, 1.54) is 0 Å². The Balaban J connectivity index is 1.62. The zero-order valence-corrected chi connectivity index (χ0v) is 18.8. The van der Waals surface area contributed by atoms with Crippen LogP contribution in [-0.4, -0.2) is 34.7 Å². The molecule has 0 aliphatic carbocycles. The summed E-state index contributed by atoms with van der Waals surface area (Å²) in [5.74, 6) is 0.952. The molecule has 0 atom stereocenters. The summed E-state index contributed by atoms with van der Waals surface area (Å²) < 4.78 is 3.74. The molecule has 166 valence electrons. The van der Waals surface area contributed by atoms with E-state index in [1.807, 2.05) is 57.9 Å². The van der Waals surface area contributed by atoms with Crippen LogP contribution in [0.3, 0.4) is 0 Å². The van der Waals surface area contributed by atoms with Crippen LogP contribution in [0.25, 0.3) is 22.6 Å². The number of aromatic nitrogens is 7. The van der Waals surface area contributed by atoms with E-state index in [4.69, 9.17) is 0 Å². The Kier molecular flexibility index (Phi) is 6.58. The minimum absolute atomic E-state index is 0.0522. The molecule has 8 nitrogen and oxygen atoms in total. The minimum Gasteiger partial charge on any atom is -0.299 e. The van der Waals surface area contributed by atoms with Gasteiger partial charge in [-0.15, -0.1) is 10.2 Å². The second-order valence-electron chi connectivity index (χ2n) is 8.47. The molecule has 3 heterocycles. The van der Waals surface area contributed by atoms with Crippen LogP contribution in [0.1, 0.15) is 44.9 Å². The molecule has 3 aromatic heterocycles. The van der Waals surface area contributed by atoms with Gasteiger partial charge in [0.15, 0.2) is 0 Å². The number of aromatic amines is 1. The molecular weight excluding hydrogens is 402 g/mol. The van der Waals surface area contributed by atoms with Crippen LogP contribution >= 0.6 is 0 Å². The van der Waals surface area contributed by atoms with Crippen LogP contribution in [0.2, 0.25) is 0 Å². The van der Waals surface area contributed by atoms with Gasteiger partial charge in [-0.25, -0.2) is 4.79 Å². The SMILES string of the molecule is CCCCc1cn(CC(C)C)c(=O)n1Cc1ccc(-c2ccccc2-c2nn[nH]n2)nc1. The monoisotopic (exact) mass is 431 g/mol. The van der Waals surface area contributed by atoms with E-state index in [-0.39, 0.29) is 5.69 Å². The van der Waals surface area contributed by atoms with Crippen molar-refractivity contribution in [2.45, 2.75) is 53.1 Å².